The van der Waals surface area contributed by atoms with Crippen LogP contribution in [0.25, 0.3) is 0 Å². The molecule has 1 aromatic heterocycles. The van der Waals surface area contributed by atoms with Gasteiger partial charge in [-0.3, -0.25) is 9.48 Å². The minimum absolute atomic E-state index is 0.252. The number of nitrogens with zero attached hydrogens (tertiary/aromatic N) is 2. The number of hydrogen-bond acceptors (Lipinski definition) is 3. The number of aryl methyl sites for hydroxylation is 1. The maximum absolute atomic E-state index is 12.0. The lowest BCUT2D eigenvalue weighted by Crippen LogP contribution is -2.27. The van der Waals surface area contributed by atoms with Crippen molar-refractivity contribution in [3.05, 3.63) is 45.7 Å². The van der Waals surface area contributed by atoms with Crippen LogP contribution in [-0.4, -0.2) is 22.2 Å². The number of carbonyl (C=O) groups is 1. The highest BCUT2D eigenvalue weighted by molar-refractivity contribution is 6.39. The summed E-state index contributed by atoms with van der Waals surface area (Å²) in [6.45, 7) is 3.01. The van der Waals surface area contributed by atoms with Crippen molar-refractivity contribution in [1.29, 1.82) is 0 Å². The highest BCUT2D eigenvalue weighted by Crippen LogP contribution is 2.28. The zero-order chi connectivity index (χ0) is 14.7. The van der Waals surface area contributed by atoms with Crippen LogP contribution in [0.3, 0.4) is 0 Å². The summed E-state index contributed by atoms with van der Waals surface area (Å²) in [5.74, 6) is -0.252. The fraction of sp³-hybridized carbons (Fsp3) is 0.231. The first-order chi connectivity index (χ1) is 9.47. The van der Waals surface area contributed by atoms with E-state index in [0.29, 0.717) is 18.7 Å². The number of benzene rings is 1. The topological polar surface area (TPSA) is 72.9 Å². The largest absolute Gasteiger partial charge is 0.396 e. The van der Waals surface area contributed by atoms with E-state index in [4.69, 9.17) is 28.9 Å². The van der Waals surface area contributed by atoms with E-state index in [1.54, 1.807) is 10.9 Å². The molecule has 2 aromatic rings. The van der Waals surface area contributed by atoms with Crippen LogP contribution in [0.5, 0.6) is 0 Å². The summed E-state index contributed by atoms with van der Waals surface area (Å²) in [6.07, 6.45) is 3.67. The molecule has 106 valence electrons. The Morgan fingerprint density at radius 1 is 1.40 bits per heavy atom. The van der Waals surface area contributed by atoms with Gasteiger partial charge in [0.15, 0.2) is 0 Å². The molecule has 0 aliphatic rings. The summed E-state index contributed by atoms with van der Waals surface area (Å²) in [7, 11) is 0. The van der Waals surface area contributed by atoms with Gasteiger partial charge in [0.25, 0.3) is 5.91 Å². The van der Waals surface area contributed by atoms with Gasteiger partial charge in [0.1, 0.15) is 0 Å². The van der Waals surface area contributed by atoms with E-state index in [2.05, 4.69) is 10.4 Å². The Kier molecular flexibility index (Phi) is 4.52. The van der Waals surface area contributed by atoms with Gasteiger partial charge in [0.05, 0.1) is 28.5 Å². The first kappa shape index (κ1) is 14.7. The molecule has 0 radical (unpaired) electrons. The predicted molar refractivity (Wildman–Crippen MR) is 80.2 cm³/mol. The average molecular weight is 313 g/mol. The van der Waals surface area contributed by atoms with E-state index in [1.807, 2.05) is 13.1 Å². The number of anilines is 1. The maximum atomic E-state index is 12.0. The van der Waals surface area contributed by atoms with Crippen molar-refractivity contribution in [2.24, 2.45) is 0 Å². The van der Waals surface area contributed by atoms with Gasteiger partial charge >= 0.3 is 0 Å². The second kappa shape index (κ2) is 6.15. The molecule has 0 aliphatic carbocycles. The summed E-state index contributed by atoms with van der Waals surface area (Å²) in [5, 5.41) is 7.44. The molecule has 1 amide bonds. The van der Waals surface area contributed by atoms with Crippen molar-refractivity contribution in [3.63, 3.8) is 0 Å². The van der Waals surface area contributed by atoms with Crippen LogP contribution >= 0.6 is 23.2 Å². The molecular weight excluding hydrogens is 299 g/mol. The van der Waals surface area contributed by atoms with Crippen molar-refractivity contribution >= 4 is 34.8 Å². The van der Waals surface area contributed by atoms with E-state index in [0.717, 1.165) is 5.56 Å². The molecule has 0 atom stereocenters. The Hall–Kier alpha value is -1.72. The summed E-state index contributed by atoms with van der Waals surface area (Å²) in [6, 6.07) is 2.99. The molecule has 5 nitrogen and oxygen atoms in total. The van der Waals surface area contributed by atoms with Gasteiger partial charge in [-0.1, -0.05) is 23.2 Å². The van der Waals surface area contributed by atoms with Gasteiger partial charge < -0.3 is 11.1 Å². The van der Waals surface area contributed by atoms with Gasteiger partial charge in [-0.25, -0.2) is 0 Å². The lowest BCUT2D eigenvalue weighted by Gasteiger charge is -2.08. The highest BCUT2D eigenvalue weighted by atomic mass is 35.5. The summed E-state index contributed by atoms with van der Waals surface area (Å²) in [4.78, 5) is 12.0. The van der Waals surface area contributed by atoms with Crippen LogP contribution < -0.4 is 11.1 Å². The first-order valence-electron chi connectivity index (χ1n) is 5.99. The SMILES string of the molecule is Cc1cnn(CCNC(=O)c2cc(Cl)c(N)c(Cl)c2)c1. The molecule has 0 saturated heterocycles. The maximum Gasteiger partial charge on any atom is 0.251 e. The van der Waals surface area contributed by atoms with E-state index >= 15 is 0 Å². The molecule has 2 rings (SSSR count). The Morgan fingerprint density at radius 2 is 2.05 bits per heavy atom. The predicted octanol–water partition coefficient (Wildman–Crippen LogP) is 2.51. The number of aromatic nitrogens is 2. The molecule has 1 heterocycles. The number of halogens is 2. The van der Waals surface area contributed by atoms with E-state index in [-0.39, 0.29) is 21.6 Å². The number of amides is 1. The van der Waals surface area contributed by atoms with Gasteiger partial charge in [-0.05, 0) is 24.6 Å². The number of nitrogen functional groups attached to an aromatic ring is 1. The normalized spacial score (nSPS) is 10.6. The standard InChI is InChI=1S/C13H14Cl2N4O/c1-8-6-18-19(7-8)3-2-17-13(20)9-4-10(14)12(16)11(15)5-9/h4-7H,2-3,16H2,1H3,(H,17,20). The van der Waals surface area contributed by atoms with Crippen LogP contribution in [-0.2, 0) is 6.54 Å². The molecule has 3 N–H and O–H groups in total. The van der Waals surface area contributed by atoms with E-state index in [9.17, 15) is 4.79 Å². The van der Waals surface area contributed by atoms with Crippen molar-refractivity contribution in [2.75, 3.05) is 12.3 Å². The summed E-state index contributed by atoms with van der Waals surface area (Å²) >= 11 is 11.8. The monoisotopic (exact) mass is 312 g/mol. The Labute approximate surface area is 126 Å². The fourth-order valence-corrected chi connectivity index (χ4v) is 2.18. The quantitative estimate of drug-likeness (QED) is 0.852. The van der Waals surface area contributed by atoms with Gasteiger partial charge in [0.2, 0.25) is 0 Å². The molecule has 20 heavy (non-hydrogen) atoms. The molecule has 0 aliphatic heterocycles. The minimum Gasteiger partial charge on any atom is -0.396 e. The number of nitrogens with one attached hydrogen (secondary N) is 1. The third kappa shape index (κ3) is 3.43. The van der Waals surface area contributed by atoms with Gasteiger partial charge in [0, 0.05) is 18.3 Å². The molecule has 7 heteroatoms. The van der Waals surface area contributed by atoms with Crippen molar-refractivity contribution in [2.45, 2.75) is 13.5 Å². The fourth-order valence-electron chi connectivity index (χ4n) is 1.69. The molecule has 0 spiro atoms. The third-order valence-electron chi connectivity index (χ3n) is 2.73. The lowest BCUT2D eigenvalue weighted by molar-refractivity contribution is 0.0952. The Morgan fingerprint density at radius 3 is 2.60 bits per heavy atom. The van der Waals surface area contributed by atoms with Crippen LogP contribution in [0.2, 0.25) is 10.0 Å². The first-order valence-corrected chi connectivity index (χ1v) is 6.74. The van der Waals surface area contributed by atoms with Crippen molar-refractivity contribution < 1.29 is 4.79 Å². The number of carbonyl (C=O) groups excluding carboxylic acids is 1. The summed E-state index contributed by atoms with van der Waals surface area (Å²) in [5.41, 5.74) is 7.35. The number of nitrogens with two attached hydrogens (primary N) is 1. The number of rotatable bonds is 4. The van der Waals surface area contributed by atoms with Gasteiger partial charge in [-0.2, -0.15) is 5.10 Å². The average Bonchev–Trinajstić information content (AvgIpc) is 2.81. The zero-order valence-corrected chi connectivity index (χ0v) is 12.4. The second-order valence-electron chi connectivity index (χ2n) is 4.39. The van der Waals surface area contributed by atoms with Crippen molar-refractivity contribution in [3.8, 4) is 0 Å². The molecule has 0 saturated carbocycles. The number of hydrogen-bond donors (Lipinski definition) is 2. The second-order valence-corrected chi connectivity index (χ2v) is 5.20. The van der Waals surface area contributed by atoms with Crippen LogP contribution in [0.15, 0.2) is 24.5 Å². The Balaban J connectivity index is 1.95. The minimum atomic E-state index is -0.252. The molecular formula is C13H14Cl2N4O. The highest BCUT2D eigenvalue weighted by Gasteiger charge is 2.10. The molecule has 0 fully saturated rings. The lowest BCUT2D eigenvalue weighted by atomic mass is 10.2. The third-order valence-corrected chi connectivity index (χ3v) is 3.36. The molecule has 0 unspecified atom stereocenters. The Bertz CT molecular complexity index is 616. The summed E-state index contributed by atoms with van der Waals surface area (Å²) < 4.78 is 1.76. The zero-order valence-electron chi connectivity index (χ0n) is 10.9. The van der Waals surface area contributed by atoms with Crippen LogP contribution in [0.1, 0.15) is 15.9 Å². The van der Waals surface area contributed by atoms with E-state index < -0.39 is 0 Å². The molecule has 1 aromatic carbocycles. The molecule has 0 bridgehead atoms. The van der Waals surface area contributed by atoms with E-state index in [1.165, 1.54) is 12.1 Å². The van der Waals surface area contributed by atoms with Crippen molar-refractivity contribution in [1.82, 2.24) is 15.1 Å². The van der Waals surface area contributed by atoms with Crippen LogP contribution in [0, 0.1) is 6.92 Å². The van der Waals surface area contributed by atoms with Crippen LogP contribution in [0.4, 0.5) is 5.69 Å². The van der Waals surface area contributed by atoms with Gasteiger partial charge in [-0.15, -0.1) is 0 Å². The smallest absolute Gasteiger partial charge is 0.251 e.